The zero-order chi connectivity index (χ0) is 8.97. The van der Waals surface area contributed by atoms with Crippen LogP contribution in [0.15, 0.2) is 24.3 Å². The van der Waals surface area contributed by atoms with E-state index in [0.717, 1.165) is 5.56 Å². The molecule has 0 fully saturated rings. The minimum Gasteiger partial charge on any atom is -0.508 e. The normalized spacial score (nSPS) is 12.8. The Labute approximate surface area is 74.7 Å². The Morgan fingerprint density at radius 3 is 2.67 bits per heavy atom. The van der Waals surface area contributed by atoms with Crippen molar-refractivity contribution in [2.24, 2.45) is 0 Å². The molecule has 0 amide bonds. The van der Waals surface area contributed by atoms with Crippen LogP contribution < -0.4 is 0 Å². The molecule has 1 aromatic carbocycles. The van der Waals surface area contributed by atoms with Crippen molar-refractivity contribution >= 4 is 10.8 Å². The number of phenolic OH excluding ortho intramolecular Hbond substituents is 1. The van der Waals surface area contributed by atoms with E-state index in [1.165, 1.54) is 0 Å². The van der Waals surface area contributed by atoms with Crippen molar-refractivity contribution in [3.63, 3.8) is 0 Å². The Morgan fingerprint density at radius 1 is 1.42 bits per heavy atom. The smallest absolute Gasteiger partial charge is 0.119 e. The quantitative estimate of drug-likeness (QED) is 0.775. The van der Waals surface area contributed by atoms with Gasteiger partial charge in [0, 0.05) is 22.1 Å². The van der Waals surface area contributed by atoms with E-state index in [0.29, 0.717) is 11.5 Å². The number of para-hydroxylation sites is 1. The molecule has 1 atom stereocenters. The van der Waals surface area contributed by atoms with Gasteiger partial charge in [-0.25, -0.2) is 0 Å². The fraction of sp³-hybridized carbons (Fsp3) is 0.333. The van der Waals surface area contributed by atoms with Crippen molar-refractivity contribution in [1.29, 1.82) is 0 Å². The summed E-state index contributed by atoms with van der Waals surface area (Å²) in [5.74, 6) is 1.32. The lowest BCUT2D eigenvalue weighted by Gasteiger charge is -2.01. The molecule has 0 aromatic heterocycles. The van der Waals surface area contributed by atoms with E-state index in [1.807, 2.05) is 13.0 Å². The first kappa shape index (κ1) is 9.26. The van der Waals surface area contributed by atoms with Gasteiger partial charge in [-0.1, -0.05) is 25.1 Å². The van der Waals surface area contributed by atoms with Gasteiger partial charge in [0.1, 0.15) is 5.75 Å². The highest BCUT2D eigenvalue weighted by Crippen LogP contribution is 2.16. The van der Waals surface area contributed by atoms with Gasteiger partial charge in [0.25, 0.3) is 0 Å². The number of hydrogen-bond acceptors (Lipinski definition) is 2. The van der Waals surface area contributed by atoms with Crippen LogP contribution in [0.2, 0.25) is 0 Å². The minimum absolute atomic E-state index is 0.235. The molecule has 0 aliphatic carbocycles. The van der Waals surface area contributed by atoms with E-state index in [9.17, 15) is 9.32 Å². The predicted octanol–water partition coefficient (Wildman–Crippen LogP) is 1.66. The molecule has 0 radical (unpaired) electrons. The molecule has 0 aliphatic rings. The molecule has 0 bridgehead atoms. The van der Waals surface area contributed by atoms with Crippen LogP contribution in [0.1, 0.15) is 12.5 Å². The molecule has 0 aliphatic heterocycles. The first-order valence-corrected chi connectivity index (χ1v) is 5.34. The monoisotopic (exact) mass is 184 g/mol. The van der Waals surface area contributed by atoms with Gasteiger partial charge in [0.2, 0.25) is 0 Å². The number of hydrogen-bond donors (Lipinski definition) is 1. The Morgan fingerprint density at radius 2 is 2.08 bits per heavy atom. The molecule has 0 spiro atoms. The summed E-state index contributed by atoms with van der Waals surface area (Å²) in [5, 5.41) is 9.32. The second-order valence-corrected chi connectivity index (χ2v) is 4.25. The minimum atomic E-state index is -0.848. The van der Waals surface area contributed by atoms with Crippen LogP contribution in [0.25, 0.3) is 0 Å². The summed E-state index contributed by atoms with van der Waals surface area (Å²) < 4.78 is 11.1. The largest absolute Gasteiger partial charge is 0.508 e. The Kier molecular flexibility index (Phi) is 3.29. The molecule has 1 aromatic rings. The number of phenols is 1. The van der Waals surface area contributed by atoms with E-state index in [2.05, 4.69) is 0 Å². The van der Waals surface area contributed by atoms with E-state index in [4.69, 9.17) is 0 Å². The third-order valence-corrected chi connectivity index (χ3v) is 2.91. The molecule has 0 heterocycles. The second kappa shape index (κ2) is 4.26. The highest BCUT2D eigenvalue weighted by molar-refractivity contribution is 7.84. The van der Waals surface area contributed by atoms with Crippen LogP contribution in [-0.4, -0.2) is 15.1 Å². The molecular formula is C9H12O2S. The maximum absolute atomic E-state index is 11.1. The fourth-order valence-corrected chi connectivity index (χ4v) is 1.70. The topological polar surface area (TPSA) is 37.3 Å². The standard InChI is InChI=1S/C9H12O2S/c1-2-12(11)7-8-5-3-4-6-9(8)10/h3-6,10H,2,7H2,1H3. The van der Waals surface area contributed by atoms with Gasteiger partial charge in [-0.05, 0) is 6.07 Å². The summed E-state index contributed by atoms with van der Waals surface area (Å²) in [6.07, 6.45) is 0. The fourth-order valence-electron chi connectivity index (χ4n) is 0.908. The number of rotatable bonds is 3. The molecule has 1 rings (SSSR count). The van der Waals surface area contributed by atoms with Gasteiger partial charge in [0.05, 0.1) is 5.75 Å². The van der Waals surface area contributed by atoms with Crippen molar-refractivity contribution in [3.8, 4) is 5.75 Å². The van der Waals surface area contributed by atoms with Gasteiger partial charge >= 0.3 is 0 Å². The maximum atomic E-state index is 11.1. The molecule has 2 nitrogen and oxygen atoms in total. The number of benzene rings is 1. The molecule has 3 heteroatoms. The van der Waals surface area contributed by atoms with Gasteiger partial charge in [-0.3, -0.25) is 4.21 Å². The highest BCUT2D eigenvalue weighted by atomic mass is 32.2. The summed E-state index contributed by atoms with van der Waals surface area (Å²) in [6.45, 7) is 1.87. The van der Waals surface area contributed by atoms with Crippen LogP contribution in [-0.2, 0) is 16.6 Å². The van der Waals surface area contributed by atoms with E-state index >= 15 is 0 Å². The molecule has 0 saturated heterocycles. The van der Waals surface area contributed by atoms with Crippen LogP contribution in [0.3, 0.4) is 0 Å². The average Bonchev–Trinajstić information content (AvgIpc) is 2.09. The zero-order valence-corrected chi connectivity index (χ0v) is 7.80. The molecule has 1 N–H and O–H groups in total. The molecule has 1 unspecified atom stereocenters. The summed E-state index contributed by atoms with van der Waals surface area (Å²) in [6, 6.07) is 7.00. The molecule has 0 saturated carbocycles. The summed E-state index contributed by atoms with van der Waals surface area (Å²) >= 11 is 0. The highest BCUT2D eigenvalue weighted by Gasteiger charge is 2.02. The van der Waals surface area contributed by atoms with Crippen molar-refractivity contribution < 1.29 is 9.32 Å². The third kappa shape index (κ3) is 2.34. The van der Waals surface area contributed by atoms with Crippen molar-refractivity contribution in [2.45, 2.75) is 12.7 Å². The van der Waals surface area contributed by atoms with Gasteiger partial charge in [0.15, 0.2) is 0 Å². The first-order valence-electron chi connectivity index (χ1n) is 3.86. The predicted molar refractivity (Wildman–Crippen MR) is 50.5 cm³/mol. The Bertz CT molecular complexity index is 284. The molecule has 12 heavy (non-hydrogen) atoms. The molecule has 66 valence electrons. The van der Waals surface area contributed by atoms with E-state index in [1.54, 1.807) is 18.2 Å². The van der Waals surface area contributed by atoms with E-state index in [-0.39, 0.29) is 5.75 Å². The average molecular weight is 184 g/mol. The van der Waals surface area contributed by atoms with Crippen LogP contribution >= 0.6 is 0 Å². The van der Waals surface area contributed by atoms with Gasteiger partial charge < -0.3 is 5.11 Å². The van der Waals surface area contributed by atoms with Gasteiger partial charge in [-0.2, -0.15) is 0 Å². The van der Waals surface area contributed by atoms with E-state index < -0.39 is 10.8 Å². The van der Waals surface area contributed by atoms with Crippen molar-refractivity contribution in [3.05, 3.63) is 29.8 Å². The lowest BCUT2D eigenvalue weighted by molar-refractivity contribution is 0.470. The van der Waals surface area contributed by atoms with Crippen LogP contribution in [0, 0.1) is 0 Å². The summed E-state index contributed by atoms with van der Waals surface area (Å²) in [4.78, 5) is 0. The zero-order valence-electron chi connectivity index (χ0n) is 6.99. The van der Waals surface area contributed by atoms with Crippen molar-refractivity contribution in [2.75, 3.05) is 5.75 Å². The van der Waals surface area contributed by atoms with Gasteiger partial charge in [-0.15, -0.1) is 0 Å². The summed E-state index contributed by atoms with van der Waals surface area (Å²) in [7, 11) is -0.848. The second-order valence-electron chi connectivity index (χ2n) is 2.50. The lowest BCUT2D eigenvalue weighted by atomic mass is 10.2. The lowest BCUT2D eigenvalue weighted by Crippen LogP contribution is -1.97. The number of aromatic hydroxyl groups is 1. The Hall–Kier alpha value is -0.830. The SMILES string of the molecule is CCS(=O)Cc1ccccc1O. The van der Waals surface area contributed by atoms with Crippen LogP contribution in [0.4, 0.5) is 0 Å². The summed E-state index contributed by atoms with van der Waals surface area (Å²) in [5.41, 5.74) is 0.762. The first-order chi connectivity index (χ1) is 5.74. The van der Waals surface area contributed by atoms with Crippen molar-refractivity contribution in [1.82, 2.24) is 0 Å². The maximum Gasteiger partial charge on any atom is 0.119 e. The molecular weight excluding hydrogens is 172 g/mol. The Balaban J connectivity index is 2.75. The third-order valence-electron chi connectivity index (χ3n) is 1.63. The van der Waals surface area contributed by atoms with Crippen LogP contribution in [0.5, 0.6) is 5.75 Å².